The number of urea groups is 1. The molecular formula is C14H16N6OS. The van der Waals surface area contributed by atoms with Crippen LogP contribution in [-0.4, -0.2) is 34.1 Å². The fourth-order valence-electron chi connectivity index (χ4n) is 2.07. The molecule has 0 saturated carbocycles. The van der Waals surface area contributed by atoms with Crippen LogP contribution in [-0.2, 0) is 5.41 Å². The van der Waals surface area contributed by atoms with Gasteiger partial charge in [0.05, 0.1) is 12.4 Å². The van der Waals surface area contributed by atoms with Crippen LogP contribution in [0.1, 0.15) is 31.5 Å². The summed E-state index contributed by atoms with van der Waals surface area (Å²) in [5, 5.41) is 15.2. The molecule has 2 aliphatic heterocycles. The van der Waals surface area contributed by atoms with Crippen molar-refractivity contribution in [1.29, 1.82) is 0 Å². The third kappa shape index (κ3) is 2.33. The molecule has 1 aromatic heterocycles. The Balaban J connectivity index is 1.96. The second-order valence-corrected chi connectivity index (χ2v) is 6.84. The predicted molar refractivity (Wildman–Crippen MR) is 83.4 cm³/mol. The van der Waals surface area contributed by atoms with Crippen molar-refractivity contribution in [1.82, 2.24) is 20.2 Å². The van der Waals surface area contributed by atoms with Crippen molar-refractivity contribution in [3.05, 3.63) is 21.9 Å². The lowest BCUT2D eigenvalue weighted by Gasteiger charge is -2.24. The molecule has 0 saturated heterocycles. The van der Waals surface area contributed by atoms with Gasteiger partial charge in [0, 0.05) is 10.8 Å². The van der Waals surface area contributed by atoms with E-state index in [0.29, 0.717) is 12.5 Å². The minimum absolute atomic E-state index is 0.0221. The molecule has 2 aliphatic rings. The van der Waals surface area contributed by atoms with Crippen LogP contribution in [0.4, 0.5) is 4.79 Å². The Hall–Kier alpha value is -2.40. The van der Waals surface area contributed by atoms with Gasteiger partial charge in [0.15, 0.2) is 5.82 Å². The number of thiazole rings is 1. The van der Waals surface area contributed by atoms with Gasteiger partial charge in [-0.05, 0) is 0 Å². The molecule has 0 atom stereocenters. The van der Waals surface area contributed by atoms with E-state index in [1.165, 1.54) is 16.2 Å². The molecule has 1 aromatic rings. The van der Waals surface area contributed by atoms with Gasteiger partial charge in [-0.2, -0.15) is 5.01 Å². The van der Waals surface area contributed by atoms with Gasteiger partial charge in [-0.3, -0.25) is 4.90 Å². The number of nitrogens with one attached hydrogen (secondary N) is 1. The van der Waals surface area contributed by atoms with Crippen molar-refractivity contribution in [2.45, 2.75) is 26.2 Å². The maximum absolute atomic E-state index is 12.2. The molecule has 0 radical (unpaired) electrons. The van der Waals surface area contributed by atoms with Gasteiger partial charge in [0.25, 0.3) is 0 Å². The Morgan fingerprint density at radius 1 is 1.50 bits per heavy atom. The number of hydrogen-bond acceptors (Lipinski definition) is 6. The molecule has 7 nitrogen and oxygen atoms in total. The number of terminal acetylenes is 1. The first-order valence-electron chi connectivity index (χ1n) is 6.80. The highest BCUT2D eigenvalue weighted by molar-refractivity contribution is 7.10. The molecule has 2 amide bonds. The maximum Gasteiger partial charge on any atom is 0.349 e. The highest BCUT2D eigenvalue weighted by atomic mass is 32.1. The molecule has 114 valence electrons. The zero-order chi connectivity index (χ0) is 15.9. The molecule has 0 aliphatic carbocycles. The lowest BCUT2D eigenvalue weighted by Crippen LogP contribution is -2.42. The second kappa shape index (κ2) is 5.10. The summed E-state index contributed by atoms with van der Waals surface area (Å²) in [5.41, 5.74) is 1.72. The van der Waals surface area contributed by atoms with E-state index in [0.717, 1.165) is 21.4 Å². The number of rotatable bonds is 2. The van der Waals surface area contributed by atoms with Crippen LogP contribution in [0.15, 0.2) is 21.5 Å². The summed E-state index contributed by atoms with van der Waals surface area (Å²) in [7, 11) is 0. The Kier molecular flexibility index (Phi) is 3.37. The first-order chi connectivity index (χ1) is 10.4. The lowest BCUT2D eigenvalue weighted by molar-refractivity contribution is 0.160. The molecule has 0 spiro atoms. The van der Waals surface area contributed by atoms with E-state index >= 15 is 0 Å². The number of fused-ring (bicyclic) bond motifs is 1. The Morgan fingerprint density at radius 2 is 2.27 bits per heavy atom. The highest BCUT2D eigenvalue weighted by Crippen LogP contribution is 2.32. The fourth-order valence-corrected chi connectivity index (χ4v) is 3.14. The summed E-state index contributed by atoms with van der Waals surface area (Å²) in [5.74, 6) is 2.88. The van der Waals surface area contributed by atoms with Crippen molar-refractivity contribution in [2.75, 3.05) is 13.2 Å². The number of carbonyl (C=O) groups excluding carboxylic acids is 1. The average Bonchev–Trinajstić information content (AvgIpc) is 3.07. The SMILES string of the molecule is C#CCN1N=NC2=C(c3nc(C(C)(C)C)cs3)NCN2C1=O. The zero-order valence-corrected chi connectivity index (χ0v) is 13.4. The van der Waals surface area contributed by atoms with Crippen molar-refractivity contribution in [2.24, 2.45) is 10.3 Å². The van der Waals surface area contributed by atoms with Gasteiger partial charge in [0.1, 0.15) is 17.2 Å². The van der Waals surface area contributed by atoms with Crippen LogP contribution in [0.5, 0.6) is 0 Å². The van der Waals surface area contributed by atoms with E-state index in [-0.39, 0.29) is 18.0 Å². The molecule has 0 bridgehead atoms. The van der Waals surface area contributed by atoms with Gasteiger partial charge >= 0.3 is 6.03 Å². The quantitative estimate of drug-likeness (QED) is 0.851. The van der Waals surface area contributed by atoms with Crippen LogP contribution < -0.4 is 5.32 Å². The first kappa shape index (κ1) is 14.5. The molecule has 3 rings (SSSR count). The first-order valence-corrected chi connectivity index (χ1v) is 7.68. The molecule has 22 heavy (non-hydrogen) atoms. The predicted octanol–water partition coefficient (Wildman–Crippen LogP) is 2.37. The molecule has 8 heteroatoms. The summed E-state index contributed by atoms with van der Waals surface area (Å²) in [4.78, 5) is 18.4. The van der Waals surface area contributed by atoms with E-state index in [2.05, 4.69) is 47.3 Å². The van der Waals surface area contributed by atoms with Crippen molar-refractivity contribution in [3.8, 4) is 12.3 Å². The van der Waals surface area contributed by atoms with Crippen LogP contribution in [0.2, 0.25) is 0 Å². The van der Waals surface area contributed by atoms with E-state index in [1.54, 1.807) is 0 Å². The molecule has 0 fully saturated rings. The van der Waals surface area contributed by atoms with Crippen LogP contribution >= 0.6 is 11.3 Å². The summed E-state index contributed by atoms with van der Waals surface area (Å²) in [6, 6.07) is -0.280. The van der Waals surface area contributed by atoms with Gasteiger partial charge in [0.2, 0.25) is 0 Å². The Bertz CT molecular complexity index is 720. The van der Waals surface area contributed by atoms with Gasteiger partial charge in [-0.1, -0.05) is 31.9 Å². The fraction of sp³-hybridized carbons (Fsp3) is 0.429. The highest BCUT2D eigenvalue weighted by Gasteiger charge is 2.36. The monoisotopic (exact) mass is 316 g/mol. The molecular weight excluding hydrogens is 300 g/mol. The average molecular weight is 316 g/mol. The number of nitrogens with zero attached hydrogens (tertiary/aromatic N) is 5. The van der Waals surface area contributed by atoms with Crippen LogP contribution in [0.25, 0.3) is 5.70 Å². The third-order valence-electron chi connectivity index (χ3n) is 3.32. The van der Waals surface area contributed by atoms with Crippen molar-refractivity contribution >= 4 is 23.1 Å². The van der Waals surface area contributed by atoms with Crippen LogP contribution in [0.3, 0.4) is 0 Å². The molecule has 0 aromatic carbocycles. The summed E-state index contributed by atoms with van der Waals surface area (Å²) in [6.07, 6.45) is 5.22. The maximum atomic E-state index is 12.2. The normalized spacial score (nSPS) is 17.6. The lowest BCUT2D eigenvalue weighted by atomic mass is 9.93. The number of hydrogen-bond donors (Lipinski definition) is 1. The molecule has 1 N–H and O–H groups in total. The number of amides is 2. The van der Waals surface area contributed by atoms with Crippen LogP contribution in [0, 0.1) is 12.3 Å². The number of aromatic nitrogens is 1. The third-order valence-corrected chi connectivity index (χ3v) is 4.18. The minimum Gasteiger partial charge on any atom is -0.362 e. The smallest absolute Gasteiger partial charge is 0.349 e. The minimum atomic E-state index is -0.280. The van der Waals surface area contributed by atoms with E-state index < -0.39 is 0 Å². The second-order valence-electron chi connectivity index (χ2n) is 5.98. The topological polar surface area (TPSA) is 73.2 Å². The van der Waals surface area contributed by atoms with E-state index in [9.17, 15) is 4.79 Å². The van der Waals surface area contributed by atoms with Gasteiger partial charge in [-0.25, -0.2) is 9.78 Å². The summed E-state index contributed by atoms with van der Waals surface area (Å²) >= 11 is 1.52. The summed E-state index contributed by atoms with van der Waals surface area (Å²) in [6.45, 7) is 6.78. The van der Waals surface area contributed by atoms with Crippen molar-refractivity contribution < 1.29 is 4.79 Å². The summed E-state index contributed by atoms with van der Waals surface area (Å²) < 4.78 is 0. The van der Waals surface area contributed by atoms with E-state index in [4.69, 9.17) is 6.42 Å². The molecule has 3 heterocycles. The largest absolute Gasteiger partial charge is 0.362 e. The number of carbonyl (C=O) groups is 1. The van der Waals surface area contributed by atoms with Gasteiger partial charge in [-0.15, -0.1) is 22.9 Å². The van der Waals surface area contributed by atoms with Gasteiger partial charge < -0.3 is 5.32 Å². The van der Waals surface area contributed by atoms with Crippen molar-refractivity contribution in [3.63, 3.8) is 0 Å². The Labute approximate surface area is 132 Å². The Morgan fingerprint density at radius 3 is 2.91 bits per heavy atom. The molecule has 0 unspecified atom stereocenters. The zero-order valence-electron chi connectivity index (χ0n) is 12.6. The standard InChI is InChI=1S/C14H16N6OS/c1-5-6-20-13(21)19-8-15-10(11(19)17-18-20)12-16-9(7-22-12)14(2,3)4/h1,7,15H,6,8H2,2-4H3. The van der Waals surface area contributed by atoms with E-state index in [1.807, 2.05) is 5.38 Å².